The molecule has 2 heterocycles. The Bertz CT molecular complexity index is 1300. The van der Waals surface area contributed by atoms with Crippen LogP contribution < -0.4 is 5.56 Å². The molecular formula is C26H23N3O3. The minimum atomic E-state index is -0.392. The quantitative estimate of drug-likeness (QED) is 0.496. The second-order valence-corrected chi connectivity index (χ2v) is 7.94. The molecule has 1 unspecified atom stereocenters. The van der Waals surface area contributed by atoms with Gasteiger partial charge in [-0.15, -0.1) is 0 Å². The molecule has 1 amide bonds. The molecule has 0 spiro atoms. The Morgan fingerprint density at radius 1 is 1.00 bits per heavy atom. The van der Waals surface area contributed by atoms with Gasteiger partial charge in [-0.25, -0.2) is 9.78 Å². The zero-order valence-corrected chi connectivity index (χ0v) is 17.5. The molecule has 1 aliphatic heterocycles. The van der Waals surface area contributed by atoms with E-state index in [1.165, 1.54) is 0 Å². The largest absolute Gasteiger partial charge is 0.445 e. The van der Waals surface area contributed by atoms with E-state index in [0.717, 1.165) is 29.5 Å². The van der Waals surface area contributed by atoms with Crippen molar-refractivity contribution in [2.75, 3.05) is 6.54 Å². The Morgan fingerprint density at radius 3 is 2.53 bits per heavy atom. The molecule has 1 aromatic heterocycles. The first kappa shape index (κ1) is 20.0. The van der Waals surface area contributed by atoms with Crippen molar-refractivity contribution in [2.24, 2.45) is 0 Å². The number of likely N-dealkylation sites (tertiary alicyclic amines) is 1. The van der Waals surface area contributed by atoms with Crippen LogP contribution in [0.2, 0.25) is 0 Å². The van der Waals surface area contributed by atoms with Crippen molar-refractivity contribution in [3.05, 3.63) is 101 Å². The van der Waals surface area contributed by atoms with E-state index in [-0.39, 0.29) is 18.2 Å². The SMILES string of the molecule is O=C(OCc1ccccc1)N1CCCC1c1nc2cc(-c3ccccc3)ccc2c(=O)[nH]1. The van der Waals surface area contributed by atoms with Crippen molar-refractivity contribution in [1.29, 1.82) is 0 Å². The number of nitrogens with zero attached hydrogens (tertiary/aromatic N) is 2. The van der Waals surface area contributed by atoms with Crippen molar-refractivity contribution in [3.8, 4) is 11.1 Å². The number of hydrogen-bond acceptors (Lipinski definition) is 4. The molecule has 0 saturated carbocycles. The first-order valence-corrected chi connectivity index (χ1v) is 10.8. The predicted octanol–water partition coefficient (Wildman–Crippen LogP) is 5.06. The zero-order chi connectivity index (χ0) is 21.9. The molecular weight excluding hydrogens is 402 g/mol. The van der Waals surface area contributed by atoms with E-state index in [2.05, 4.69) is 4.98 Å². The van der Waals surface area contributed by atoms with Crippen LogP contribution in [-0.4, -0.2) is 27.5 Å². The molecule has 0 bridgehead atoms. The summed E-state index contributed by atoms with van der Waals surface area (Å²) in [4.78, 5) is 34.8. The molecule has 1 fully saturated rings. The van der Waals surface area contributed by atoms with Crippen LogP contribution in [0.5, 0.6) is 0 Å². The Hall–Kier alpha value is -3.93. The molecule has 3 aromatic carbocycles. The lowest BCUT2D eigenvalue weighted by molar-refractivity contribution is 0.0908. The first-order valence-electron chi connectivity index (χ1n) is 10.8. The van der Waals surface area contributed by atoms with Gasteiger partial charge in [0.15, 0.2) is 0 Å². The standard InChI is InChI=1S/C26H23N3O3/c30-25-21-14-13-20(19-10-5-2-6-11-19)16-22(21)27-24(28-25)23-12-7-15-29(23)26(31)32-17-18-8-3-1-4-9-18/h1-6,8-11,13-14,16,23H,7,12,15,17H2,(H,27,28,30). The molecule has 160 valence electrons. The third-order valence-electron chi connectivity index (χ3n) is 5.84. The minimum absolute atomic E-state index is 0.200. The number of rotatable bonds is 4. The zero-order valence-electron chi connectivity index (χ0n) is 17.5. The molecule has 0 aliphatic carbocycles. The van der Waals surface area contributed by atoms with Crippen molar-refractivity contribution in [1.82, 2.24) is 14.9 Å². The van der Waals surface area contributed by atoms with Crippen molar-refractivity contribution in [3.63, 3.8) is 0 Å². The molecule has 0 radical (unpaired) electrons. The van der Waals surface area contributed by atoms with Gasteiger partial charge in [-0.2, -0.15) is 0 Å². The maximum absolute atomic E-state index is 12.8. The number of nitrogens with one attached hydrogen (secondary N) is 1. The van der Waals surface area contributed by atoms with Crippen LogP contribution in [-0.2, 0) is 11.3 Å². The fourth-order valence-electron chi connectivity index (χ4n) is 4.20. The lowest BCUT2D eigenvalue weighted by Gasteiger charge is -2.23. The summed E-state index contributed by atoms with van der Waals surface area (Å²) >= 11 is 0. The average molecular weight is 425 g/mol. The number of benzene rings is 3. The Kier molecular flexibility index (Phi) is 5.42. The number of fused-ring (bicyclic) bond motifs is 1. The summed E-state index contributed by atoms with van der Waals surface area (Å²) in [7, 11) is 0. The van der Waals surface area contributed by atoms with Crippen LogP contribution in [0, 0.1) is 0 Å². The molecule has 4 aromatic rings. The summed E-state index contributed by atoms with van der Waals surface area (Å²) in [6.45, 7) is 0.787. The fraction of sp³-hybridized carbons (Fsp3) is 0.192. The third kappa shape index (κ3) is 3.99. The summed E-state index contributed by atoms with van der Waals surface area (Å²) in [6.07, 6.45) is 1.17. The molecule has 1 aliphatic rings. The van der Waals surface area contributed by atoms with Crippen LogP contribution in [0.3, 0.4) is 0 Å². The smallest absolute Gasteiger partial charge is 0.410 e. The van der Waals surface area contributed by atoms with Crippen molar-refractivity contribution >= 4 is 17.0 Å². The molecule has 5 rings (SSSR count). The normalized spacial score (nSPS) is 15.8. The number of ether oxygens (including phenoxy) is 1. The van der Waals surface area contributed by atoms with Gasteiger partial charge in [0.1, 0.15) is 12.4 Å². The first-order chi connectivity index (χ1) is 15.7. The highest BCUT2D eigenvalue weighted by molar-refractivity contribution is 5.83. The maximum atomic E-state index is 12.8. The van der Waals surface area contributed by atoms with Gasteiger partial charge in [0, 0.05) is 6.54 Å². The van der Waals surface area contributed by atoms with Gasteiger partial charge in [-0.1, -0.05) is 66.7 Å². The number of hydrogen-bond donors (Lipinski definition) is 1. The molecule has 6 nitrogen and oxygen atoms in total. The number of carbonyl (C=O) groups is 1. The van der Waals surface area contributed by atoms with E-state index in [0.29, 0.717) is 23.3 Å². The Morgan fingerprint density at radius 2 is 1.75 bits per heavy atom. The highest BCUT2D eigenvalue weighted by Crippen LogP contribution is 2.31. The summed E-state index contributed by atoms with van der Waals surface area (Å²) in [5.41, 5.74) is 3.41. The van der Waals surface area contributed by atoms with Crippen LogP contribution in [0.1, 0.15) is 30.3 Å². The molecule has 1 N–H and O–H groups in total. The van der Waals surface area contributed by atoms with Gasteiger partial charge in [0.25, 0.3) is 5.56 Å². The van der Waals surface area contributed by atoms with Crippen LogP contribution in [0.15, 0.2) is 83.7 Å². The Labute approximate surface area is 185 Å². The van der Waals surface area contributed by atoms with Gasteiger partial charge in [0.2, 0.25) is 0 Å². The van der Waals surface area contributed by atoms with Gasteiger partial charge in [-0.3, -0.25) is 9.69 Å². The summed E-state index contributed by atoms with van der Waals surface area (Å²) < 4.78 is 5.53. The molecule has 1 saturated heterocycles. The van der Waals surface area contributed by atoms with Gasteiger partial charge >= 0.3 is 6.09 Å². The number of amides is 1. The second kappa shape index (κ2) is 8.67. The van der Waals surface area contributed by atoms with E-state index >= 15 is 0 Å². The second-order valence-electron chi connectivity index (χ2n) is 7.94. The molecule has 1 atom stereocenters. The van der Waals surface area contributed by atoms with Gasteiger partial charge in [0.05, 0.1) is 16.9 Å². The average Bonchev–Trinajstić information content (AvgIpc) is 3.33. The topological polar surface area (TPSA) is 75.3 Å². The monoisotopic (exact) mass is 425 g/mol. The minimum Gasteiger partial charge on any atom is -0.445 e. The van der Waals surface area contributed by atoms with E-state index < -0.39 is 6.09 Å². The van der Waals surface area contributed by atoms with Crippen LogP contribution in [0.4, 0.5) is 4.79 Å². The van der Waals surface area contributed by atoms with E-state index in [4.69, 9.17) is 9.72 Å². The molecule has 32 heavy (non-hydrogen) atoms. The summed E-state index contributed by atoms with van der Waals surface area (Å²) in [5.74, 6) is 0.502. The lowest BCUT2D eigenvalue weighted by atomic mass is 10.0. The third-order valence-corrected chi connectivity index (χ3v) is 5.84. The highest BCUT2D eigenvalue weighted by Gasteiger charge is 2.33. The Balaban J connectivity index is 1.42. The summed E-state index contributed by atoms with van der Waals surface area (Å²) in [6, 6.07) is 24.9. The number of carbonyl (C=O) groups excluding carboxylic acids is 1. The van der Waals surface area contributed by atoms with E-state index in [1.807, 2.05) is 72.8 Å². The number of aromatic amines is 1. The maximum Gasteiger partial charge on any atom is 0.410 e. The number of H-pyrrole nitrogens is 1. The van der Waals surface area contributed by atoms with E-state index in [1.54, 1.807) is 11.0 Å². The van der Waals surface area contributed by atoms with Crippen molar-refractivity contribution in [2.45, 2.75) is 25.5 Å². The summed E-state index contributed by atoms with van der Waals surface area (Å²) in [5, 5.41) is 0.532. The van der Waals surface area contributed by atoms with Gasteiger partial charge < -0.3 is 9.72 Å². The molecule has 6 heteroatoms. The van der Waals surface area contributed by atoms with Crippen LogP contribution in [0.25, 0.3) is 22.0 Å². The number of aromatic nitrogens is 2. The highest BCUT2D eigenvalue weighted by atomic mass is 16.6. The van der Waals surface area contributed by atoms with E-state index in [9.17, 15) is 9.59 Å². The van der Waals surface area contributed by atoms with Crippen LogP contribution >= 0.6 is 0 Å². The van der Waals surface area contributed by atoms with Crippen molar-refractivity contribution < 1.29 is 9.53 Å². The van der Waals surface area contributed by atoms with Gasteiger partial charge in [-0.05, 0) is 41.7 Å². The lowest BCUT2D eigenvalue weighted by Crippen LogP contribution is -2.32. The predicted molar refractivity (Wildman–Crippen MR) is 123 cm³/mol. The fourth-order valence-corrected chi connectivity index (χ4v) is 4.20.